The molecule has 0 spiro atoms. The summed E-state index contributed by atoms with van der Waals surface area (Å²) in [5.74, 6) is 0.427. The van der Waals surface area contributed by atoms with E-state index in [9.17, 15) is 13.2 Å². The first kappa shape index (κ1) is 16.8. The lowest BCUT2D eigenvalue weighted by Crippen LogP contribution is -2.07. The van der Waals surface area contributed by atoms with Crippen LogP contribution in [0.3, 0.4) is 0 Å². The minimum absolute atomic E-state index is 0.0304. The molecule has 0 radical (unpaired) electrons. The minimum atomic E-state index is -4.51. The van der Waals surface area contributed by atoms with Gasteiger partial charge in [0, 0.05) is 18.3 Å². The molecule has 3 aromatic rings. The Morgan fingerprint density at radius 1 is 1.04 bits per heavy atom. The van der Waals surface area contributed by atoms with Crippen LogP contribution in [0, 0.1) is 5.41 Å². The number of alkyl halides is 3. The minimum Gasteiger partial charge on any atom is -0.339 e. The monoisotopic (exact) mass is 359 g/mol. The number of aromatic nitrogens is 3. The fourth-order valence-electron chi connectivity index (χ4n) is 3.67. The van der Waals surface area contributed by atoms with Crippen molar-refractivity contribution < 1.29 is 17.7 Å². The fraction of sp³-hybridized carbons (Fsp3) is 0.316. The van der Waals surface area contributed by atoms with E-state index in [-0.39, 0.29) is 28.6 Å². The van der Waals surface area contributed by atoms with Crippen molar-refractivity contribution in [2.75, 3.05) is 0 Å². The number of benzene rings is 1. The molecular weight excluding hydrogens is 343 g/mol. The van der Waals surface area contributed by atoms with Crippen LogP contribution in [0.4, 0.5) is 13.2 Å². The Balaban J connectivity index is 1.69. The third-order valence-corrected chi connectivity index (χ3v) is 5.06. The summed E-state index contributed by atoms with van der Waals surface area (Å²) in [5.41, 5.74) is 0.0475. The van der Waals surface area contributed by atoms with Gasteiger partial charge in [0.2, 0.25) is 11.7 Å². The molecule has 26 heavy (non-hydrogen) atoms. The van der Waals surface area contributed by atoms with Crippen molar-refractivity contribution in [3.8, 4) is 11.4 Å². The Morgan fingerprint density at radius 2 is 1.77 bits per heavy atom. The zero-order valence-corrected chi connectivity index (χ0v) is 14.2. The first-order chi connectivity index (χ1) is 12.3. The van der Waals surface area contributed by atoms with E-state index in [0.29, 0.717) is 5.89 Å². The van der Waals surface area contributed by atoms with Gasteiger partial charge in [0.15, 0.2) is 0 Å². The summed E-state index contributed by atoms with van der Waals surface area (Å²) in [6.45, 7) is 4.18. The number of hydrogen-bond acceptors (Lipinski definition) is 4. The lowest BCUT2D eigenvalue weighted by Gasteiger charge is -2.08. The third kappa shape index (κ3) is 2.67. The average Bonchev–Trinajstić information content (AvgIpc) is 2.95. The zero-order valence-electron chi connectivity index (χ0n) is 14.2. The van der Waals surface area contributed by atoms with Crippen LogP contribution >= 0.6 is 0 Å². The van der Waals surface area contributed by atoms with Crippen LogP contribution in [0.5, 0.6) is 0 Å². The number of hydrogen-bond donors (Lipinski definition) is 0. The van der Waals surface area contributed by atoms with Gasteiger partial charge in [-0.15, -0.1) is 0 Å². The summed E-state index contributed by atoms with van der Waals surface area (Å²) in [5, 5.41) is 3.79. The Kier molecular flexibility index (Phi) is 3.64. The van der Waals surface area contributed by atoms with Crippen LogP contribution in [0.2, 0.25) is 0 Å². The second kappa shape index (κ2) is 5.65. The van der Waals surface area contributed by atoms with Gasteiger partial charge in [-0.3, -0.25) is 4.98 Å². The van der Waals surface area contributed by atoms with Gasteiger partial charge in [0.25, 0.3) is 0 Å². The first-order valence-corrected chi connectivity index (χ1v) is 8.20. The van der Waals surface area contributed by atoms with E-state index in [1.807, 2.05) is 30.3 Å². The van der Waals surface area contributed by atoms with E-state index in [1.165, 1.54) is 0 Å². The Bertz CT molecular complexity index is 934. The van der Waals surface area contributed by atoms with Crippen molar-refractivity contribution in [2.45, 2.75) is 31.9 Å². The van der Waals surface area contributed by atoms with Crippen molar-refractivity contribution in [3.05, 3.63) is 65.8 Å². The van der Waals surface area contributed by atoms with Gasteiger partial charge in [-0.1, -0.05) is 49.3 Å². The van der Waals surface area contributed by atoms with E-state index in [4.69, 9.17) is 4.52 Å². The van der Waals surface area contributed by atoms with Crippen LogP contribution in [-0.2, 0) is 6.18 Å². The summed E-state index contributed by atoms with van der Waals surface area (Å²) in [7, 11) is 0. The Morgan fingerprint density at radius 3 is 2.46 bits per heavy atom. The van der Waals surface area contributed by atoms with Crippen LogP contribution in [0.15, 0.2) is 53.3 Å². The maximum absolute atomic E-state index is 13.2. The molecule has 2 atom stereocenters. The second-order valence-corrected chi connectivity index (χ2v) is 7.06. The molecule has 1 aromatic carbocycles. The van der Waals surface area contributed by atoms with Crippen molar-refractivity contribution >= 4 is 0 Å². The molecule has 1 aliphatic carbocycles. The van der Waals surface area contributed by atoms with Gasteiger partial charge in [0.1, 0.15) is 0 Å². The Labute approximate surface area is 148 Å². The van der Waals surface area contributed by atoms with Crippen LogP contribution in [0.1, 0.15) is 42.7 Å². The summed E-state index contributed by atoms with van der Waals surface area (Å²) in [4.78, 5) is 8.04. The van der Waals surface area contributed by atoms with Crippen LogP contribution in [0.25, 0.3) is 11.4 Å². The van der Waals surface area contributed by atoms with Crippen molar-refractivity contribution in [2.24, 2.45) is 5.41 Å². The largest absolute Gasteiger partial charge is 0.417 e. The second-order valence-electron chi connectivity index (χ2n) is 7.06. The van der Waals surface area contributed by atoms with E-state index in [1.54, 1.807) is 0 Å². The summed E-state index contributed by atoms with van der Waals surface area (Å²) in [6.07, 6.45) is -2.29. The third-order valence-electron chi connectivity index (χ3n) is 5.06. The predicted octanol–water partition coefficient (Wildman–Crippen LogP) is 5.06. The lowest BCUT2D eigenvalue weighted by molar-refractivity contribution is -0.137. The molecule has 1 aliphatic rings. The summed E-state index contributed by atoms with van der Waals surface area (Å²) >= 11 is 0. The number of nitrogens with zero attached hydrogens (tertiary/aromatic N) is 3. The highest BCUT2D eigenvalue weighted by Crippen LogP contribution is 2.69. The fourth-order valence-corrected chi connectivity index (χ4v) is 3.67. The quantitative estimate of drug-likeness (QED) is 0.656. The van der Waals surface area contributed by atoms with Gasteiger partial charge in [-0.25, -0.2) is 0 Å². The van der Waals surface area contributed by atoms with Gasteiger partial charge < -0.3 is 4.52 Å². The van der Waals surface area contributed by atoms with E-state index in [2.05, 4.69) is 29.0 Å². The molecule has 2 heterocycles. The topological polar surface area (TPSA) is 51.8 Å². The van der Waals surface area contributed by atoms with Crippen molar-refractivity contribution in [3.63, 3.8) is 0 Å². The highest BCUT2D eigenvalue weighted by molar-refractivity contribution is 5.59. The molecule has 0 amide bonds. The predicted molar refractivity (Wildman–Crippen MR) is 88.2 cm³/mol. The van der Waals surface area contributed by atoms with Crippen LogP contribution < -0.4 is 0 Å². The molecule has 2 aromatic heterocycles. The molecule has 7 heteroatoms. The smallest absolute Gasteiger partial charge is 0.339 e. The zero-order chi connectivity index (χ0) is 18.5. The first-order valence-electron chi connectivity index (χ1n) is 8.20. The lowest BCUT2D eigenvalue weighted by atomic mass is 10.0. The maximum atomic E-state index is 13.2. The molecule has 4 nitrogen and oxygen atoms in total. The van der Waals surface area contributed by atoms with E-state index < -0.39 is 11.7 Å². The average molecular weight is 359 g/mol. The molecule has 0 unspecified atom stereocenters. The molecule has 4 rings (SSSR count). The molecule has 0 aliphatic heterocycles. The molecule has 0 bridgehead atoms. The standard InChI is InChI=1S/C19H16F3N3O/c1-18(2)14(11-6-4-3-5-7-11)15(18)17-24-16(25-26-17)12-10-23-9-8-13(12)19(20,21)22/h3-10,14-15H,1-2H3/t14-,15+/m0/s1. The van der Waals surface area contributed by atoms with Gasteiger partial charge in [-0.2, -0.15) is 18.2 Å². The highest BCUT2D eigenvalue weighted by Gasteiger charge is 2.62. The molecule has 0 saturated heterocycles. The van der Waals surface area contributed by atoms with Crippen molar-refractivity contribution in [1.82, 2.24) is 15.1 Å². The molecule has 1 fully saturated rings. The summed E-state index contributed by atoms with van der Waals surface area (Å²) < 4.78 is 45.0. The number of pyridine rings is 1. The highest BCUT2D eigenvalue weighted by atomic mass is 19.4. The molecule has 1 saturated carbocycles. The van der Waals surface area contributed by atoms with Gasteiger partial charge in [0.05, 0.1) is 17.0 Å². The molecule has 0 N–H and O–H groups in total. The molecular formula is C19H16F3N3O. The van der Waals surface area contributed by atoms with E-state index >= 15 is 0 Å². The number of halogens is 3. The summed E-state index contributed by atoms with van der Waals surface area (Å²) in [6, 6.07) is 10.9. The Hall–Kier alpha value is -2.70. The SMILES string of the molecule is CC1(C)[C@@H](c2ccccc2)[C@@H]1c1nc(-c2cnccc2C(F)(F)F)no1. The van der Waals surface area contributed by atoms with Crippen molar-refractivity contribution in [1.29, 1.82) is 0 Å². The van der Waals surface area contributed by atoms with Gasteiger partial charge >= 0.3 is 6.18 Å². The van der Waals surface area contributed by atoms with Crippen LogP contribution in [-0.4, -0.2) is 15.1 Å². The van der Waals surface area contributed by atoms with E-state index in [0.717, 1.165) is 24.0 Å². The van der Waals surface area contributed by atoms with Gasteiger partial charge in [-0.05, 0) is 17.0 Å². The number of rotatable bonds is 3. The molecule has 134 valence electrons. The maximum Gasteiger partial charge on any atom is 0.417 e. The normalized spacial score (nSPS) is 21.6.